The molecule has 1 N–H and O–H groups in total. The van der Waals surface area contributed by atoms with Crippen molar-refractivity contribution >= 4 is 0 Å². The summed E-state index contributed by atoms with van der Waals surface area (Å²) in [6.07, 6.45) is -1.74. The van der Waals surface area contributed by atoms with Gasteiger partial charge in [-0.3, -0.25) is 0 Å². The maximum absolute atomic E-state index is 12.8. The molecule has 0 spiro atoms. The summed E-state index contributed by atoms with van der Waals surface area (Å²) < 4.78 is 40.2. The number of nitriles is 1. The molecule has 2 aromatic rings. The highest BCUT2D eigenvalue weighted by atomic mass is 19.4. The van der Waals surface area contributed by atoms with Crippen LogP contribution >= 0.6 is 0 Å². The van der Waals surface area contributed by atoms with Gasteiger partial charge in [-0.2, -0.15) is 18.4 Å². The maximum atomic E-state index is 12.8. The number of aromatic hydroxyl groups is 1. The second-order valence-corrected chi connectivity index (χ2v) is 6.42. The molecule has 1 aromatic heterocycles. The Labute approximate surface area is 143 Å². The fourth-order valence-electron chi connectivity index (χ4n) is 3.47. The number of hydrogen-bond acceptors (Lipinski definition) is 3. The number of imidazole rings is 1. The van der Waals surface area contributed by atoms with E-state index in [0.717, 1.165) is 0 Å². The number of rotatable bonds is 3. The van der Waals surface area contributed by atoms with Crippen LogP contribution in [-0.2, 0) is 6.54 Å². The van der Waals surface area contributed by atoms with Crippen LogP contribution < -0.4 is 0 Å². The van der Waals surface area contributed by atoms with Gasteiger partial charge in [-0.15, -0.1) is 0 Å². The quantitative estimate of drug-likeness (QED) is 0.896. The van der Waals surface area contributed by atoms with Gasteiger partial charge in [0.05, 0.1) is 18.7 Å². The summed E-state index contributed by atoms with van der Waals surface area (Å²) in [6.45, 7) is 0.268. The summed E-state index contributed by atoms with van der Waals surface area (Å²) in [5.74, 6) is -0.612. The van der Waals surface area contributed by atoms with Crippen molar-refractivity contribution in [2.24, 2.45) is 5.92 Å². The second-order valence-electron chi connectivity index (χ2n) is 6.42. The molecule has 1 heterocycles. The summed E-state index contributed by atoms with van der Waals surface area (Å²) >= 11 is 0. The van der Waals surface area contributed by atoms with Gasteiger partial charge in [-0.1, -0.05) is 18.2 Å². The molecule has 0 atom stereocenters. The predicted molar refractivity (Wildman–Crippen MR) is 84.9 cm³/mol. The number of aromatic nitrogens is 2. The molecular formula is C18H18F3N3O. The zero-order chi connectivity index (χ0) is 18.0. The minimum atomic E-state index is -4.14. The Kier molecular flexibility index (Phi) is 4.71. The number of benzene rings is 1. The highest BCUT2D eigenvalue weighted by molar-refractivity contribution is 5.34. The lowest BCUT2D eigenvalue weighted by Gasteiger charge is -2.29. The van der Waals surface area contributed by atoms with Gasteiger partial charge in [-0.25, -0.2) is 4.98 Å². The van der Waals surface area contributed by atoms with Crippen molar-refractivity contribution in [2.45, 2.75) is 44.3 Å². The third-order valence-corrected chi connectivity index (χ3v) is 4.88. The Morgan fingerprint density at radius 3 is 2.48 bits per heavy atom. The highest BCUT2D eigenvalue weighted by Crippen LogP contribution is 2.42. The molecule has 1 aromatic carbocycles. The van der Waals surface area contributed by atoms with E-state index in [4.69, 9.17) is 0 Å². The first-order chi connectivity index (χ1) is 11.9. The fourth-order valence-corrected chi connectivity index (χ4v) is 3.47. The van der Waals surface area contributed by atoms with Crippen molar-refractivity contribution in [2.75, 3.05) is 0 Å². The van der Waals surface area contributed by atoms with Gasteiger partial charge in [0.25, 0.3) is 0 Å². The van der Waals surface area contributed by atoms with Gasteiger partial charge in [0, 0.05) is 11.5 Å². The summed E-state index contributed by atoms with van der Waals surface area (Å²) in [4.78, 5) is 4.30. The average molecular weight is 349 g/mol. The molecule has 0 aliphatic heterocycles. The first-order valence-electron chi connectivity index (χ1n) is 8.19. The number of nitrogens with zero attached hydrogens (tertiary/aromatic N) is 3. The largest absolute Gasteiger partial charge is 0.508 e. The molecule has 3 rings (SSSR count). The fraction of sp³-hybridized carbons (Fsp3) is 0.444. The number of halogens is 3. The van der Waals surface area contributed by atoms with E-state index in [2.05, 4.69) is 11.1 Å². The van der Waals surface area contributed by atoms with Crippen LogP contribution in [0.1, 0.15) is 48.7 Å². The maximum Gasteiger partial charge on any atom is 0.391 e. The number of alkyl halides is 3. The SMILES string of the molecule is N#Cc1cnc(C2CCC(C(F)(F)F)CC2)n1Cc1ccccc1O. The molecular weight excluding hydrogens is 331 g/mol. The molecule has 1 aliphatic carbocycles. The van der Waals surface area contributed by atoms with E-state index in [0.29, 0.717) is 29.9 Å². The van der Waals surface area contributed by atoms with E-state index in [9.17, 15) is 23.5 Å². The van der Waals surface area contributed by atoms with Gasteiger partial charge in [0.15, 0.2) is 0 Å². The molecule has 132 valence electrons. The summed E-state index contributed by atoms with van der Waals surface area (Å²) in [5, 5.41) is 19.3. The number of phenols is 1. The monoisotopic (exact) mass is 349 g/mol. The molecule has 0 unspecified atom stereocenters. The van der Waals surface area contributed by atoms with Gasteiger partial charge in [0.1, 0.15) is 23.3 Å². The van der Waals surface area contributed by atoms with E-state index in [1.165, 1.54) is 6.20 Å². The minimum Gasteiger partial charge on any atom is -0.508 e. The molecule has 0 amide bonds. The molecule has 1 aliphatic rings. The molecule has 0 saturated heterocycles. The Morgan fingerprint density at radius 2 is 1.88 bits per heavy atom. The van der Waals surface area contributed by atoms with Crippen LogP contribution in [0.5, 0.6) is 5.75 Å². The minimum absolute atomic E-state index is 0.0828. The lowest BCUT2D eigenvalue weighted by Crippen LogP contribution is -2.28. The van der Waals surface area contributed by atoms with Crippen molar-refractivity contribution in [1.82, 2.24) is 9.55 Å². The normalized spacial score (nSPS) is 21.0. The predicted octanol–water partition coefficient (Wildman–Crippen LogP) is 4.34. The van der Waals surface area contributed by atoms with E-state index in [-0.39, 0.29) is 31.1 Å². The van der Waals surface area contributed by atoms with Crippen LogP contribution in [-0.4, -0.2) is 20.8 Å². The van der Waals surface area contributed by atoms with E-state index < -0.39 is 12.1 Å². The molecule has 25 heavy (non-hydrogen) atoms. The molecule has 1 fully saturated rings. The molecule has 0 radical (unpaired) electrons. The van der Waals surface area contributed by atoms with Crippen molar-refractivity contribution < 1.29 is 18.3 Å². The van der Waals surface area contributed by atoms with Crippen molar-refractivity contribution in [1.29, 1.82) is 5.26 Å². The summed E-state index contributed by atoms with van der Waals surface area (Å²) in [7, 11) is 0. The highest BCUT2D eigenvalue weighted by Gasteiger charge is 2.42. The first-order valence-corrected chi connectivity index (χ1v) is 8.19. The number of phenolic OH excluding ortho intramolecular Hbond substituents is 1. The van der Waals surface area contributed by atoms with E-state index in [1.807, 2.05) is 0 Å². The van der Waals surface area contributed by atoms with Crippen LogP contribution in [0.2, 0.25) is 0 Å². The third kappa shape index (κ3) is 3.63. The molecule has 1 saturated carbocycles. The Balaban J connectivity index is 1.83. The van der Waals surface area contributed by atoms with Crippen molar-refractivity contribution in [3.63, 3.8) is 0 Å². The Morgan fingerprint density at radius 1 is 1.20 bits per heavy atom. The van der Waals surface area contributed by atoms with Crippen molar-refractivity contribution in [3.05, 3.63) is 47.5 Å². The smallest absolute Gasteiger partial charge is 0.391 e. The molecule has 4 nitrogen and oxygen atoms in total. The number of para-hydroxylation sites is 1. The van der Waals surface area contributed by atoms with Crippen LogP contribution in [0.4, 0.5) is 13.2 Å². The van der Waals surface area contributed by atoms with Gasteiger partial charge >= 0.3 is 6.18 Å². The third-order valence-electron chi connectivity index (χ3n) is 4.88. The van der Waals surface area contributed by atoms with Crippen LogP contribution in [0.25, 0.3) is 0 Å². The van der Waals surface area contributed by atoms with E-state index in [1.54, 1.807) is 28.8 Å². The van der Waals surface area contributed by atoms with E-state index >= 15 is 0 Å². The average Bonchev–Trinajstić information content (AvgIpc) is 2.99. The lowest BCUT2D eigenvalue weighted by atomic mass is 9.81. The molecule has 0 bridgehead atoms. The van der Waals surface area contributed by atoms with Gasteiger partial charge in [-0.05, 0) is 31.7 Å². The Hall–Kier alpha value is -2.49. The van der Waals surface area contributed by atoms with Crippen LogP contribution in [0.3, 0.4) is 0 Å². The molecule has 7 heteroatoms. The lowest BCUT2D eigenvalue weighted by molar-refractivity contribution is -0.182. The summed E-state index contributed by atoms with van der Waals surface area (Å²) in [5.41, 5.74) is 0.985. The standard InChI is InChI=1S/C18H18F3N3O/c19-18(20,21)14-7-5-12(6-8-14)17-23-10-15(9-22)24(17)11-13-3-1-2-4-16(13)25/h1-4,10,12,14,25H,5-8,11H2. The van der Waals surface area contributed by atoms with Crippen LogP contribution in [0.15, 0.2) is 30.5 Å². The summed E-state index contributed by atoms with van der Waals surface area (Å²) in [6, 6.07) is 8.87. The topological polar surface area (TPSA) is 61.8 Å². The van der Waals surface area contributed by atoms with Crippen molar-refractivity contribution in [3.8, 4) is 11.8 Å². The zero-order valence-corrected chi connectivity index (χ0v) is 13.5. The first kappa shape index (κ1) is 17.3. The zero-order valence-electron chi connectivity index (χ0n) is 13.5. The van der Waals surface area contributed by atoms with Crippen LogP contribution in [0, 0.1) is 17.2 Å². The number of hydrogen-bond donors (Lipinski definition) is 1. The van der Waals surface area contributed by atoms with Gasteiger partial charge < -0.3 is 9.67 Å². The van der Waals surface area contributed by atoms with Gasteiger partial charge in [0.2, 0.25) is 0 Å². The Bertz CT molecular complexity index is 784. The second kappa shape index (κ2) is 6.79.